The summed E-state index contributed by atoms with van der Waals surface area (Å²) in [5.41, 5.74) is 1.75. The first kappa shape index (κ1) is 22.6. The SMILES string of the molecule is CCC[C@@H](C(=O)N(C)C)N1C(=O)CO[C@H](c2ccc(Cl)cc2)[C@@H]1c1ccc(Cl)cc1. The summed E-state index contributed by atoms with van der Waals surface area (Å²) < 4.78 is 6.02. The standard InChI is InChI=1S/C23H26Cl2N2O3/c1-4-5-19(23(29)26(2)3)27-20(28)14-30-22(16-8-12-18(25)13-9-16)21(27)15-6-10-17(24)11-7-15/h6-13,19,21-22H,4-5,14H2,1-3H3/t19-,21-,22+/m0/s1. The zero-order valence-corrected chi connectivity index (χ0v) is 18.9. The molecule has 0 unspecified atom stereocenters. The lowest BCUT2D eigenvalue weighted by Crippen LogP contribution is -2.55. The quantitative estimate of drug-likeness (QED) is 0.631. The molecule has 7 heteroatoms. The van der Waals surface area contributed by atoms with Gasteiger partial charge < -0.3 is 14.5 Å². The molecule has 3 atom stereocenters. The zero-order chi connectivity index (χ0) is 21.8. The van der Waals surface area contributed by atoms with E-state index in [0.717, 1.165) is 17.5 Å². The first-order valence-corrected chi connectivity index (χ1v) is 10.7. The Morgan fingerprint density at radius 2 is 1.60 bits per heavy atom. The minimum atomic E-state index is -0.572. The number of hydrogen-bond acceptors (Lipinski definition) is 3. The van der Waals surface area contributed by atoms with Crippen molar-refractivity contribution in [2.75, 3.05) is 20.7 Å². The van der Waals surface area contributed by atoms with Crippen molar-refractivity contribution in [3.8, 4) is 0 Å². The summed E-state index contributed by atoms with van der Waals surface area (Å²) in [5, 5.41) is 1.23. The predicted molar refractivity (Wildman–Crippen MR) is 119 cm³/mol. The van der Waals surface area contributed by atoms with E-state index in [4.69, 9.17) is 27.9 Å². The van der Waals surface area contributed by atoms with E-state index >= 15 is 0 Å². The van der Waals surface area contributed by atoms with Gasteiger partial charge >= 0.3 is 0 Å². The van der Waals surface area contributed by atoms with Gasteiger partial charge in [0.25, 0.3) is 0 Å². The molecule has 5 nitrogen and oxygen atoms in total. The maximum Gasteiger partial charge on any atom is 0.249 e. The molecule has 2 amide bonds. The van der Waals surface area contributed by atoms with E-state index in [1.165, 1.54) is 0 Å². The van der Waals surface area contributed by atoms with Gasteiger partial charge in [0.2, 0.25) is 11.8 Å². The van der Waals surface area contributed by atoms with Crippen LogP contribution in [0.25, 0.3) is 0 Å². The lowest BCUT2D eigenvalue weighted by molar-refractivity contribution is -0.168. The first-order valence-electron chi connectivity index (χ1n) is 9.98. The smallest absolute Gasteiger partial charge is 0.249 e. The highest BCUT2D eigenvalue weighted by atomic mass is 35.5. The highest BCUT2D eigenvalue weighted by Crippen LogP contribution is 2.42. The van der Waals surface area contributed by atoms with Gasteiger partial charge in [-0.1, -0.05) is 60.8 Å². The maximum absolute atomic E-state index is 13.1. The van der Waals surface area contributed by atoms with E-state index in [-0.39, 0.29) is 18.4 Å². The molecular formula is C23H26Cl2N2O3. The van der Waals surface area contributed by atoms with Crippen LogP contribution in [0, 0.1) is 0 Å². The Morgan fingerprint density at radius 1 is 1.07 bits per heavy atom. The highest BCUT2D eigenvalue weighted by molar-refractivity contribution is 6.30. The molecular weight excluding hydrogens is 423 g/mol. The molecule has 0 N–H and O–H groups in total. The average Bonchev–Trinajstić information content (AvgIpc) is 2.73. The van der Waals surface area contributed by atoms with Crippen LogP contribution in [0.4, 0.5) is 0 Å². The Balaban J connectivity index is 2.12. The van der Waals surface area contributed by atoms with Gasteiger partial charge in [-0.15, -0.1) is 0 Å². The Labute approximate surface area is 187 Å². The summed E-state index contributed by atoms with van der Waals surface area (Å²) >= 11 is 12.2. The monoisotopic (exact) mass is 448 g/mol. The molecule has 1 fully saturated rings. The molecule has 2 aromatic rings. The van der Waals surface area contributed by atoms with Crippen molar-refractivity contribution in [2.45, 2.75) is 38.0 Å². The average molecular weight is 449 g/mol. The van der Waals surface area contributed by atoms with Crippen LogP contribution in [-0.4, -0.2) is 48.4 Å². The van der Waals surface area contributed by atoms with E-state index in [2.05, 4.69) is 0 Å². The van der Waals surface area contributed by atoms with Gasteiger partial charge in [-0.05, 0) is 41.8 Å². The number of rotatable bonds is 6. The van der Waals surface area contributed by atoms with Crippen molar-refractivity contribution in [1.82, 2.24) is 9.80 Å². The molecule has 3 rings (SSSR count). The molecule has 30 heavy (non-hydrogen) atoms. The Bertz CT molecular complexity index is 884. The second-order valence-electron chi connectivity index (χ2n) is 7.62. The van der Waals surface area contributed by atoms with E-state index in [1.54, 1.807) is 48.2 Å². The van der Waals surface area contributed by atoms with Gasteiger partial charge in [-0.25, -0.2) is 0 Å². The molecule has 1 saturated heterocycles. The van der Waals surface area contributed by atoms with Gasteiger partial charge in [-0.3, -0.25) is 9.59 Å². The Kier molecular flexibility index (Phi) is 7.40. The number of likely N-dealkylation sites (N-methyl/N-ethyl adjacent to an activating group) is 1. The molecule has 0 radical (unpaired) electrons. The summed E-state index contributed by atoms with van der Waals surface area (Å²) in [5.74, 6) is -0.297. The third-order valence-electron chi connectivity index (χ3n) is 5.29. The summed E-state index contributed by atoms with van der Waals surface area (Å²) in [6, 6.07) is 13.7. The molecule has 160 valence electrons. The number of nitrogens with zero attached hydrogens (tertiary/aromatic N) is 2. The van der Waals surface area contributed by atoms with Gasteiger partial charge in [0.05, 0.1) is 6.04 Å². The van der Waals surface area contributed by atoms with Gasteiger partial charge in [-0.2, -0.15) is 0 Å². The van der Waals surface area contributed by atoms with Crippen LogP contribution in [0.1, 0.15) is 43.0 Å². The van der Waals surface area contributed by atoms with Crippen LogP contribution in [-0.2, 0) is 14.3 Å². The number of ether oxygens (including phenoxy) is 1. The van der Waals surface area contributed by atoms with Gasteiger partial charge in [0.1, 0.15) is 18.8 Å². The molecule has 2 aromatic carbocycles. The maximum atomic E-state index is 13.1. The fraction of sp³-hybridized carbons (Fsp3) is 0.391. The van der Waals surface area contributed by atoms with Gasteiger partial charge in [0.15, 0.2) is 0 Å². The molecule has 0 saturated carbocycles. The normalized spacial score (nSPS) is 20.2. The molecule has 1 aliphatic rings. The van der Waals surface area contributed by atoms with E-state index < -0.39 is 18.2 Å². The van der Waals surface area contributed by atoms with Crippen LogP contribution in [0.2, 0.25) is 10.0 Å². The number of carbonyl (C=O) groups excluding carboxylic acids is 2. The minimum absolute atomic E-state index is 0.0850. The lowest BCUT2D eigenvalue weighted by atomic mass is 9.90. The topological polar surface area (TPSA) is 49.9 Å². The van der Waals surface area contributed by atoms with E-state index in [0.29, 0.717) is 16.5 Å². The van der Waals surface area contributed by atoms with Crippen molar-refractivity contribution in [3.05, 3.63) is 69.7 Å². The number of amides is 2. The molecule has 0 spiro atoms. The number of hydrogen-bond donors (Lipinski definition) is 0. The molecule has 0 aromatic heterocycles. The highest BCUT2D eigenvalue weighted by Gasteiger charge is 2.44. The summed E-state index contributed by atoms with van der Waals surface area (Å²) in [6.45, 7) is 1.92. The molecule has 1 aliphatic heterocycles. The minimum Gasteiger partial charge on any atom is -0.361 e. The van der Waals surface area contributed by atoms with Crippen molar-refractivity contribution in [3.63, 3.8) is 0 Å². The van der Waals surface area contributed by atoms with Crippen LogP contribution < -0.4 is 0 Å². The second kappa shape index (κ2) is 9.82. The second-order valence-corrected chi connectivity index (χ2v) is 8.49. The van der Waals surface area contributed by atoms with E-state index in [9.17, 15) is 9.59 Å². The van der Waals surface area contributed by atoms with Gasteiger partial charge in [0, 0.05) is 24.1 Å². The fourth-order valence-corrected chi connectivity index (χ4v) is 4.13. The van der Waals surface area contributed by atoms with Crippen molar-refractivity contribution in [1.29, 1.82) is 0 Å². The molecule has 0 bridgehead atoms. The van der Waals surface area contributed by atoms with Crippen LogP contribution in [0.3, 0.4) is 0 Å². The van der Waals surface area contributed by atoms with Crippen molar-refractivity contribution in [2.24, 2.45) is 0 Å². The first-order chi connectivity index (χ1) is 14.3. The fourth-order valence-electron chi connectivity index (χ4n) is 3.87. The van der Waals surface area contributed by atoms with E-state index in [1.807, 2.05) is 31.2 Å². The summed E-state index contributed by atoms with van der Waals surface area (Å²) in [6.07, 6.45) is 0.907. The van der Waals surface area contributed by atoms with Crippen LogP contribution >= 0.6 is 23.2 Å². The van der Waals surface area contributed by atoms with Crippen molar-refractivity contribution >= 4 is 35.0 Å². The number of halogens is 2. The largest absolute Gasteiger partial charge is 0.361 e. The number of benzene rings is 2. The Hall–Kier alpha value is -2.08. The number of carbonyl (C=O) groups is 2. The van der Waals surface area contributed by atoms with Crippen LogP contribution in [0.5, 0.6) is 0 Å². The molecule has 1 heterocycles. The summed E-state index contributed by atoms with van der Waals surface area (Å²) in [4.78, 5) is 29.4. The zero-order valence-electron chi connectivity index (χ0n) is 17.3. The summed E-state index contributed by atoms with van der Waals surface area (Å²) in [7, 11) is 3.42. The number of morpholine rings is 1. The predicted octanol–water partition coefficient (Wildman–Crippen LogP) is 4.89. The lowest BCUT2D eigenvalue weighted by Gasteiger charge is -2.45. The Morgan fingerprint density at radius 3 is 2.10 bits per heavy atom. The third kappa shape index (κ3) is 4.80. The van der Waals surface area contributed by atoms with Crippen LogP contribution in [0.15, 0.2) is 48.5 Å². The van der Waals surface area contributed by atoms with Crippen molar-refractivity contribution < 1.29 is 14.3 Å². The molecule has 0 aliphatic carbocycles. The third-order valence-corrected chi connectivity index (χ3v) is 5.80.